The Kier molecular flexibility index (Phi) is 7.08. The number of methoxy groups -OCH3 is 1. The van der Waals surface area contributed by atoms with Crippen molar-refractivity contribution in [2.45, 2.75) is 39.1 Å². The second-order valence-corrected chi connectivity index (χ2v) is 10.3. The van der Waals surface area contributed by atoms with Gasteiger partial charge in [0.1, 0.15) is 22.9 Å². The number of hydrogen-bond acceptors (Lipinski definition) is 9. The van der Waals surface area contributed by atoms with Crippen molar-refractivity contribution in [2.24, 2.45) is 0 Å². The molecule has 4 aromatic rings. The lowest BCUT2D eigenvalue weighted by molar-refractivity contribution is 0.0526. The Morgan fingerprint density at radius 1 is 1.08 bits per heavy atom. The van der Waals surface area contributed by atoms with Crippen molar-refractivity contribution < 1.29 is 27.1 Å². The first-order valence-corrected chi connectivity index (χ1v) is 13.0. The number of aromatic nitrogens is 2. The van der Waals surface area contributed by atoms with E-state index in [-0.39, 0.29) is 52.1 Å². The van der Waals surface area contributed by atoms with E-state index in [2.05, 4.69) is 9.97 Å². The summed E-state index contributed by atoms with van der Waals surface area (Å²) in [5, 5.41) is 0.230. The van der Waals surface area contributed by atoms with Crippen LogP contribution in [0.3, 0.4) is 0 Å². The molecule has 2 aromatic carbocycles. The van der Waals surface area contributed by atoms with Crippen LogP contribution in [-0.4, -0.2) is 38.1 Å². The van der Waals surface area contributed by atoms with Crippen molar-refractivity contribution in [1.29, 1.82) is 0 Å². The summed E-state index contributed by atoms with van der Waals surface area (Å²) in [7, 11) is -2.52. The molecular formula is C26H28N4O6S. The van der Waals surface area contributed by atoms with Gasteiger partial charge in [-0.1, -0.05) is 12.1 Å². The van der Waals surface area contributed by atoms with Gasteiger partial charge < -0.3 is 19.6 Å². The fourth-order valence-electron chi connectivity index (χ4n) is 4.00. The van der Waals surface area contributed by atoms with Crippen LogP contribution in [0.5, 0.6) is 5.75 Å². The second kappa shape index (κ2) is 10.1. The quantitative estimate of drug-likeness (QED) is 0.334. The molecule has 0 aliphatic carbocycles. The summed E-state index contributed by atoms with van der Waals surface area (Å²) >= 11 is 0. The molecule has 2 heterocycles. The Bertz CT molecular complexity index is 1580. The molecule has 194 valence electrons. The van der Waals surface area contributed by atoms with Crippen LogP contribution in [0, 0.1) is 20.8 Å². The number of anilines is 2. The smallest absolute Gasteiger partial charge is 0.342 e. The molecule has 0 aliphatic heterocycles. The fourth-order valence-corrected chi connectivity index (χ4v) is 5.73. The van der Waals surface area contributed by atoms with E-state index in [4.69, 9.17) is 19.6 Å². The number of sulfonamides is 1. The summed E-state index contributed by atoms with van der Waals surface area (Å²) < 4.78 is 45.1. The van der Waals surface area contributed by atoms with Crippen LogP contribution in [0.1, 0.15) is 40.0 Å². The first-order chi connectivity index (χ1) is 17.6. The zero-order chi connectivity index (χ0) is 26.9. The van der Waals surface area contributed by atoms with E-state index in [0.29, 0.717) is 17.0 Å². The van der Waals surface area contributed by atoms with Crippen LogP contribution in [0.15, 0.2) is 51.8 Å². The Morgan fingerprint density at radius 3 is 2.43 bits per heavy atom. The highest BCUT2D eigenvalue weighted by molar-refractivity contribution is 7.92. The molecule has 11 heteroatoms. The second-order valence-electron chi connectivity index (χ2n) is 8.44. The summed E-state index contributed by atoms with van der Waals surface area (Å²) in [6.07, 6.45) is 0. The van der Waals surface area contributed by atoms with Gasteiger partial charge in [-0.2, -0.15) is 4.98 Å². The molecule has 4 rings (SSSR count). The molecule has 0 atom stereocenters. The third-order valence-electron chi connectivity index (χ3n) is 5.84. The van der Waals surface area contributed by atoms with Gasteiger partial charge in [0.05, 0.1) is 36.2 Å². The molecule has 0 radical (unpaired) electrons. The summed E-state index contributed by atoms with van der Waals surface area (Å²) in [4.78, 5) is 21.4. The van der Waals surface area contributed by atoms with Gasteiger partial charge in [0.15, 0.2) is 5.82 Å². The largest absolute Gasteiger partial charge is 0.497 e. The molecule has 10 nitrogen and oxygen atoms in total. The van der Waals surface area contributed by atoms with Crippen molar-refractivity contribution >= 4 is 38.6 Å². The molecule has 0 aliphatic rings. The van der Waals surface area contributed by atoms with E-state index in [1.54, 1.807) is 57.2 Å². The van der Waals surface area contributed by atoms with E-state index in [0.717, 1.165) is 5.56 Å². The number of hydrogen-bond donors (Lipinski definition) is 1. The zero-order valence-electron chi connectivity index (χ0n) is 21.2. The van der Waals surface area contributed by atoms with Gasteiger partial charge in [-0.3, -0.25) is 4.31 Å². The topological polar surface area (TPSA) is 138 Å². The molecule has 0 saturated carbocycles. The van der Waals surface area contributed by atoms with E-state index in [1.165, 1.54) is 11.4 Å². The van der Waals surface area contributed by atoms with Gasteiger partial charge >= 0.3 is 5.97 Å². The summed E-state index contributed by atoms with van der Waals surface area (Å²) in [5.41, 5.74) is 8.22. The molecule has 0 bridgehead atoms. The average molecular weight is 525 g/mol. The maximum absolute atomic E-state index is 14.0. The Labute approximate surface area is 215 Å². The number of carbonyl (C=O) groups is 1. The van der Waals surface area contributed by atoms with Crippen LogP contribution in [0.25, 0.3) is 11.1 Å². The number of esters is 1. The fraction of sp³-hybridized carbons (Fsp3) is 0.269. The first kappa shape index (κ1) is 26.0. The number of benzene rings is 2. The van der Waals surface area contributed by atoms with E-state index < -0.39 is 16.0 Å². The number of aryl methyl sites for hydroxylation is 3. The predicted octanol–water partition coefficient (Wildman–Crippen LogP) is 4.31. The van der Waals surface area contributed by atoms with Crippen molar-refractivity contribution in [3.05, 3.63) is 70.7 Å². The lowest BCUT2D eigenvalue weighted by atomic mass is 10.2. The molecular weight excluding hydrogens is 496 g/mol. The number of fused-ring (bicyclic) bond motifs is 1. The number of ether oxygens (including phenoxy) is 2. The molecule has 0 fully saturated rings. The van der Waals surface area contributed by atoms with Crippen molar-refractivity contribution in [3.63, 3.8) is 0 Å². The minimum atomic E-state index is -4.05. The van der Waals surface area contributed by atoms with E-state index >= 15 is 0 Å². The average Bonchev–Trinajstić information content (AvgIpc) is 3.20. The number of rotatable bonds is 8. The highest BCUT2D eigenvalue weighted by Gasteiger charge is 2.30. The van der Waals surface area contributed by atoms with Gasteiger partial charge in [0.25, 0.3) is 10.0 Å². The number of carbonyl (C=O) groups excluding carboxylic acids is 1. The van der Waals surface area contributed by atoms with Crippen molar-refractivity contribution in [1.82, 2.24) is 9.97 Å². The number of furan rings is 1. The third-order valence-corrected chi connectivity index (χ3v) is 7.75. The SMILES string of the molecule is CCOC(=O)c1c(C)oc2nc(CN(c3ccc(OC)cc3)S(=O)(=O)c3cc(C)ccc3C)nc(N)c12. The Hall–Kier alpha value is -4.12. The lowest BCUT2D eigenvalue weighted by Crippen LogP contribution is -2.32. The standard InChI is InChI=1S/C26H28N4O6S/c1-6-35-26(31)22-17(4)36-25-23(22)24(27)28-21(29-25)14-30(18-9-11-19(34-5)12-10-18)37(32,33)20-13-15(2)7-8-16(20)3/h7-13H,6,14H2,1-5H3,(H2,27,28,29). The molecule has 37 heavy (non-hydrogen) atoms. The maximum atomic E-state index is 14.0. The van der Waals surface area contributed by atoms with Gasteiger partial charge in [-0.25, -0.2) is 18.2 Å². The van der Waals surface area contributed by atoms with E-state index in [9.17, 15) is 13.2 Å². The minimum absolute atomic E-state index is 0.0151. The number of nitrogens with two attached hydrogens (primary N) is 1. The highest BCUT2D eigenvalue weighted by Crippen LogP contribution is 2.32. The first-order valence-electron chi connectivity index (χ1n) is 11.5. The number of nitrogens with zero attached hydrogens (tertiary/aromatic N) is 3. The van der Waals surface area contributed by atoms with Crippen LogP contribution < -0.4 is 14.8 Å². The molecule has 0 saturated heterocycles. The monoisotopic (exact) mass is 524 g/mol. The highest BCUT2D eigenvalue weighted by atomic mass is 32.2. The van der Waals surface area contributed by atoms with Crippen LogP contribution in [0.2, 0.25) is 0 Å². The van der Waals surface area contributed by atoms with Crippen LogP contribution in [-0.2, 0) is 21.3 Å². The molecule has 2 aromatic heterocycles. The molecule has 0 amide bonds. The minimum Gasteiger partial charge on any atom is -0.497 e. The summed E-state index contributed by atoms with van der Waals surface area (Å²) in [6.45, 7) is 6.79. The summed E-state index contributed by atoms with van der Waals surface area (Å²) in [6, 6.07) is 11.9. The van der Waals surface area contributed by atoms with Gasteiger partial charge in [-0.15, -0.1) is 0 Å². The normalized spacial score (nSPS) is 11.5. The Balaban J connectivity index is 1.84. The Morgan fingerprint density at radius 2 is 1.78 bits per heavy atom. The lowest BCUT2D eigenvalue weighted by Gasteiger charge is -2.25. The molecule has 2 N–H and O–H groups in total. The number of nitrogen functional groups attached to an aromatic ring is 1. The van der Waals surface area contributed by atoms with Crippen molar-refractivity contribution in [2.75, 3.05) is 23.8 Å². The predicted molar refractivity (Wildman–Crippen MR) is 139 cm³/mol. The van der Waals surface area contributed by atoms with Crippen LogP contribution >= 0.6 is 0 Å². The van der Waals surface area contributed by atoms with Gasteiger partial charge in [-0.05, 0) is 69.2 Å². The van der Waals surface area contributed by atoms with Crippen LogP contribution in [0.4, 0.5) is 11.5 Å². The van der Waals surface area contributed by atoms with Gasteiger partial charge in [0, 0.05) is 0 Å². The molecule has 0 unspecified atom stereocenters. The van der Waals surface area contributed by atoms with Gasteiger partial charge in [0.2, 0.25) is 5.71 Å². The third kappa shape index (κ3) is 4.94. The van der Waals surface area contributed by atoms with Crippen molar-refractivity contribution in [3.8, 4) is 5.75 Å². The molecule has 0 spiro atoms. The van der Waals surface area contributed by atoms with E-state index in [1.807, 2.05) is 13.0 Å². The zero-order valence-corrected chi connectivity index (χ0v) is 22.0. The summed E-state index contributed by atoms with van der Waals surface area (Å²) in [5.74, 6) is 0.339. The maximum Gasteiger partial charge on any atom is 0.342 e.